The molecule has 1 N–H and O–H groups in total. The highest BCUT2D eigenvalue weighted by molar-refractivity contribution is 6.36. The molecule has 4 rings (SSSR count). The number of halogens is 3. The van der Waals surface area contributed by atoms with Crippen molar-refractivity contribution in [2.45, 2.75) is 33.7 Å². The Morgan fingerprint density at radius 3 is 2.61 bits per heavy atom. The van der Waals surface area contributed by atoms with Crippen molar-refractivity contribution in [1.29, 1.82) is 0 Å². The third-order valence-electron chi connectivity index (χ3n) is 5.25. The summed E-state index contributed by atoms with van der Waals surface area (Å²) in [5.74, 6) is 0.423. The molecule has 1 aromatic carbocycles. The summed E-state index contributed by atoms with van der Waals surface area (Å²) in [6, 6.07) is 4.16. The Bertz CT molecular complexity index is 1170. The molecule has 2 aromatic heterocycles. The van der Waals surface area contributed by atoms with Crippen LogP contribution in [0.25, 0.3) is 16.8 Å². The van der Waals surface area contributed by atoms with E-state index in [1.807, 2.05) is 0 Å². The van der Waals surface area contributed by atoms with Crippen LogP contribution in [0.3, 0.4) is 0 Å². The second kappa shape index (κ2) is 8.16. The van der Waals surface area contributed by atoms with Gasteiger partial charge < -0.3 is 14.9 Å². The van der Waals surface area contributed by atoms with Crippen LogP contribution in [0.5, 0.6) is 0 Å². The number of aromatic nitrogens is 3. The fraction of sp³-hybridized carbons (Fsp3) is 0.381. The predicted molar refractivity (Wildman–Crippen MR) is 119 cm³/mol. The van der Waals surface area contributed by atoms with Gasteiger partial charge in [-0.25, -0.2) is 9.37 Å². The van der Waals surface area contributed by atoms with Gasteiger partial charge in [0, 0.05) is 11.6 Å². The minimum Gasteiger partial charge on any atom is -0.471 e. The second-order valence-corrected chi connectivity index (χ2v) is 9.12. The molecule has 0 fully saturated rings. The van der Waals surface area contributed by atoms with Gasteiger partial charge in [0.05, 0.1) is 16.8 Å². The van der Waals surface area contributed by atoms with Crippen molar-refractivity contribution in [2.24, 2.45) is 10.6 Å². The first-order chi connectivity index (χ1) is 14.7. The van der Waals surface area contributed by atoms with Crippen molar-refractivity contribution < 1.29 is 14.0 Å². The van der Waals surface area contributed by atoms with E-state index in [-0.39, 0.29) is 27.5 Å². The van der Waals surface area contributed by atoms with E-state index in [1.165, 1.54) is 12.1 Å². The molecular weight excluding hydrogens is 444 g/mol. The maximum atomic E-state index is 13.7. The standard InChI is InChI=1S/C21H22Cl2FN5O2/c1-11(21(2,3)4)26-19-16(13-6-5-12(24)9-15(13)22)17(23)27-18-14(10-25-29(18)19)20-28-31-8-7-30-20/h5-6,9-11,26H,7-8H2,1-4H3/t11-/m1/s1. The van der Waals surface area contributed by atoms with E-state index >= 15 is 0 Å². The van der Waals surface area contributed by atoms with Crippen molar-refractivity contribution in [3.05, 3.63) is 46.0 Å². The SMILES string of the molecule is C[C@@H](Nc1c(-c2ccc(F)cc2Cl)c(Cl)nc2c(C3=NOCCO3)cnn12)C(C)(C)C. The van der Waals surface area contributed by atoms with Crippen molar-refractivity contribution in [3.8, 4) is 11.1 Å². The average Bonchev–Trinajstić information content (AvgIpc) is 3.12. The average molecular weight is 466 g/mol. The number of nitrogens with one attached hydrogen (secondary N) is 1. The Morgan fingerprint density at radius 2 is 1.97 bits per heavy atom. The number of anilines is 1. The first kappa shape index (κ1) is 21.6. The summed E-state index contributed by atoms with van der Waals surface area (Å²) in [5, 5.41) is 12.4. The summed E-state index contributed by atoms with van der Waals surface area (Å²) in [6.45, 7) is 9.16. The number of fused-ring (bicyclic) bond motifs is 1. The number of oxime groups is 1. The fourth-order valence-electron chi connectivity index (χ4n) is 3.04. The number of ether oxygens (including phenoxy) is 1. The van der Waals surface area contributed by atoms with Crippen molar-refractivity contribution in [2.75, 3.05) is 18.5 Å². The van der Waals surface area contributed by atoms with Crippen molar-refractivity contribution in [1.82, 2.24) is 14.6 Å². The zero-order chi connectivity index (χ0) is 22.3. The first-order valence-corrected chi connectivity index (χ1v) is 10.5. The predicted octanol–water partition coefficient (Wildman–Crippen LogP) is 5.40. The van der Waals surface area contributed by atoms with Crippen LogP contribution in [0.1, 0.15) is 33.3 Å². The molecule has 3 aromatic rings. The highest BCUT2D eigenvalue weighted by Gasteiger charge is 2.27. The number of benzene rings is 1. The van der Waals surface area contributed by atoms with Gasteiger partial charge in [-0.05, 0) is 35.7 Å². The molecule has 31 heavy (non-hydrogen) atoms. The van der Waals surface area contributed by atoms with E-state index in [9.17, 15) is 4.39 Å². The van der Waals surface area contributed by atoms with Gasteiger partial charge in [0.1, 0.15) is 29.0 Å². The Labute approximate surface area is 189 Å². The Balaban J connectivity index is 1.97. The fourth-order valence-corrected chi connectivity index (χ4v) is 3.57. The molecular formula is C21H22Cl2FN5O2. The topological polar surface area (TPSA) is 73.0 Å². The summed E-state index contributed by atoms with van der Waals surface area (Å²) < 4.78 is 20.9. The Kier molecular flexibility index (Phi) is 5.70. The van der Waals surface area contributed by atoms with Crippen LogP contribution in [0.2, 0.25) is 10.2 Å². The number of hydrogen-bond acceptors (Lipinski definition) is 6. The van der Waals surface area contributed by atoms with E-state index in [2.05, 4.69) is 48.3 Å². The van der Waals surface area contributed by atoms with Gasteiger partial charge in [0.2, 0.25) is 0 Å². The maximum absolute atomic E-state index is 13.7. The highest BCUT2D eigenvalue weighted by atomic mass is 35.5. The smallest absolute Gasteiger partial charge is 0.263 e. The van der Waals surface area contributed by atoms with Gasteiger partial charge in [-0.1, -0.05) is 44.0 Å². The van der Waals surface area contributed by atoms with Crippen molar-refractivity contribution >= 4 is 40.6 Å². The summed E-state index contributed by atoms with van der Waals surface area (Å²) >= 11 is 13.0. The van der Waals surface area contributed by atoms with Gasteiger partial charge in [0.15, 0.2) is 12.3 Å². The lowest BCUT2D eigenvalue weighted by Crippen LogP contribution is -2.32. The largest absolute Gasteiger partial charge is 0.471 e. The van der Waals surface area contributed by atoms with E-state index in [0.29, 0.717) is 41.4 Å². The maximum Gasteiger partial charge on any atom is 0.263 e. The van der Waals surface area contributed by atoms with E-state index in [4.69, 9.17) is 32.8 Å². The minimum atomic E-state index is -0.440. The molecule has 0 radical (unpaired) electrons. The summed E-state index contributed by atoms with van der Waals surface area (Å²) in [6.07, 6.45) is 1.59. The van der Waals surface area contributed by atoms with Crippen LogP contribution >= 0.6 is 23.2 Å². The van der Waals surface area contributed by atoms with Crippen LogP contribution in [0.4, 0.5) is 10.2 Å². The van der Waals surface area contributed by atoms with E-state index < -0.39 is 5.82 Å². The zero-order valence-electron chi connectivity index (χ0n) is 17.5. The molecule has 1 aliphatic heterocycles. The van der Waals surface area contributed by atoms with Crippen LogP contribution in [0, 0.1) is 11.2 Å². The molecule has 0 saturated carbocycles. The first-order valence-electron chi connectivity index (χ1n) is 9.79. The Hall–Kier alpha value is -2.58. The lowest BCUT2D eigenvalue weighted by molar-refractivity contribution is 0.0656. The van der Waals surface area contributed by atoms with E-state index in [0.717, 1.165) is 0 Å². The molecule has 3 heterocycles. The highest BCUT2D eigenvalue weighted by Crippen LogP contribution is 2.40. The van der Waals surface area contributed by atoms with Gasteiger partial charge in [-0.15, -0.1) is 0 Å². The van der Waals surface area contributed by atoms with Crippen LogP contribution in [-0.4, -0.2) is 39.8 Å². The van der Waals surface area contributed by atoms with E-state index in [1.54, 1.807) is 16.8 Å². The van der Waals surface area contributed by atoms with Crippen LogP contribution in [-0.2, 0) is 9.57 Å². The van der Waals surface area contributed by atoms with Gasteiger partial charge >= 0.3 is 0 Å². The normalized spacial score (nSPS) is 15.3. The van der Waals surface area contributed by atoms with Gasteiger partial charge in [-0.2, -0.15) is 9.61 Å². The molecule has 0 saturated heterocycles. The minimum absolute atomic E-state index is 0.0198. The number of hydrogen-bond donors (Lipinski definition) is 1. The molecule has 0 amide bonds. The molecule has 0 spiro atoms. The molecule has 0 unspecified atom stereocenters. The summed E-state index contributed by atoms with van der Waals surface area (Å²) in [4.78, 5) is 9.68. The Morgan fingerprint density at radius 1 is 1.19 bits per heavy atom. The lowest BCUT2D eigenvalue weighted by Gasteiger charge is -2.30. The lowest BCUT2D eigenvalue weighted by atomic mass is 9.88. The van der Waals surface area contributed by atoms with Crippen LogP contribution in [0.15, 0.2) is 29.6 Å². The third kappa shape index (κ3) is 4.14. The molecule has 0 aliphatic carbocycles. The molecule has 1 aliphatic rings. The monoisotopic (exact) mass is 465 g/mol. The molecule has 1 atom stereocenters. The van der Waals surface area contributed by atoms with Gasteiger partial charge in [-0.3, -0.25) is 0 Å². The number of rotatable bonds is 4. The number of nitrogens with zero attached hydrogens (tertiary/aromatic N) is 4. The summed E-state index contributed by atoms with van der Waals surface area (Å²) in [5.41, 5.74) is 1.97. The molecule has 164 valence electrons. The summed E-state index contributed by atoms with van der Waals surface area (Å²) in [7, 11) is 0. The van der Waals surface area contributed by atoms with Crippen molar-refractivity contribution in [3.63, 3.8) is 0 Å². The zero-order valence-corrected chi connectivity index (χ0v) is 19.1. The molecule has 7 nitrogen and oxygen atoms in total. The quantitative estimate of drug-likeness (QED) is 0.522. The van der Waals surface area contributed by atoms with Gasteiger partial charge in [0.25, 0.3) is 5.90 Å². The second-order valence-electron chi connectivity index (χ2n) is 8.35. The third-order valence-corrected chi connectivity index (χ3v) is 5.83. The molecule has 10 heteroatoms. The molecule has 0 bridgehead atoms. The van der Waals surface area contributed by atoms with Crippen LogP contribution < -0.4 is 5.32 Å².